The Morgan fingerprint density at radius 1 is 0.824 bits per heavy atom. The molecule has 0 bridgehead atoms. The summed E-state index contributed by atoms with van der Waals surface area (Å²) in [7, 11) is -1.45. The first-order valence-corrected chi connectivity index (χ1v) is 19.0. The fraction of sp³-hybridized carbons (Fsp3) is 0.350. The predicted octanol–water partition coefficient (Wildman–Crippen LogP) is 7.26. The van der Waals surface area contributed by atoms with Gasteiger partial charge in [0, 0.05) is 30.1 Å². The van der Waals surface area contributed by atoms with Crippen molar-refractivity contribution in [2.45, 2.75) is 75.9 Å². The van der Waals surface area contributed by atoms with Crippen LogP contribution in [-0.4, -0.2) is 58.0 Å². The maximum absolute atomic E-state index is 14.9. The quantitative estimate of drug-likeness (QED) is 0.147. The summed E-state index contributed by atoms with van der Waals surface area (Å²) in [6, 6.07) is 25.5. The molecule has 1 N–H and O–H groups in total. The number of rotatable bonds is 14. The molecule has 4 aromatic rings. The topological polar surface area (TPSA) is 105 Å². The van der Waals surface area contributed by atoms with E-state index in [0.717, 1.165) is 53.1 Å². The van der Waals surface area contributed by atoms with Gasteiger partial charge < -0.3 is 19.7 Å². The van der Waals surface area contributed by atoms with Crippen LogP contribution in [0.15, 0.2) is 95.9 Å². The van der Waals surface area contributed by atoms with Gasteiger partial charge in [0.1, 0.15) is 12.6 Å². The number of hydrogen-bond donors (Lipinski definition) is 1. The molecule has 1 aliphatic carbocycles. The minimum atomic E-state index is -4.35. The fourth-order valence-electron chi connectivity index (χ4n) is 6.66. The molecule has 0 heterocycles. The lowest BCUT2D eigenvalue weighted by atomic mass is 9.94. The lowest BCUT2D eigenvalue weighted by molar-refractivity contribution is -0.140. The zero-order valence-corrected chi connectivity index (χ0v) is 31.2. The molecule has 1 fully saturated rings. The third kappa shape index (κ3) is 9.62. The molecule has 0 aromatic heterocycles. The highest BCUT2D eigenvalue weighted by atomic mass is 35.5. The van der Waals surface area contributed by atoms with Crippen LogP contribution in [0.1, 0.15) is 54.4 Å². The molecule has 2 amide bonds. The van der Waals surface area contributed by atoms with Gasteiger partial charge in [-0.15, -0.1) is 0 Å². The molecule has 0 spiro atoms. The van der Waals surface area contributed by atoms with Gasteiger partial charge in [-0.2, -0.15) is 0 Å². The van der Waals surface area contributed by atoms with Gasteiger partial charge in [0.2, 0.25) is 11.8 Å². The van der Waals surface area contributed by atoms with Crippen molar-refractivity contribution in [1.29, 1.82) is 0 Å². The number of nitrogens with one attached hydrogen (secondary N) is 1. The van der Waals surface area contributed by atoms with Crippen molar-refractivity contribution in [3.05, 3.63) is 118 Å². The van der Waals surface area contributed by atoms with Gasteiger partial charge in [-0.3, -0.25) is 13.9 Å². The van der Waals surface area contributed by atoms with Crippen molar-refractivity contribution >= 4 is 39.1 Å². The van der Waals surface area contributed by atoms with E-state index in [1.807, 2.05) is 56.3 Å². The van der Waals surface area contributed by atoms with Gasteiger partial charge in [-0.05, 0) is 85.3 Å². The highest BCUT2D eigenvalue weighted by Crippen LogP contribution is 2.33. The molecule has 0 aliphatic heterocycles. The average molecular weight is 732 g/mol. The van der Waals surface area contributed by atoms with Crippen LogP contribution in [0, 0.1) is 13.8 Å². The van der Waals surface area contributed by atoms with Crippen molar-refractivity contribution in [2.24, 2.45) is 0 Å². The number of benzene rings is 4. The highest BCUT2D eigenvalue weighted by Gasteiger charge is 2.36. The van der Waals surface area contributed by atoms with E-state index in [0.29, 0.717) is 22.0 Å². The van der Waals surface area contributed by atoms with E-state index in [4.69, 9.17) is 21.1 Å². The number of nitrogens with zero attached hydrogens (tertiary/aromatic N) is 2. The standard InChI is InChI=1S/C40H46ClN3O6S/c1-28-20-29(2)22-34(21-28)44(51(47,48)35-18-19-37(49-3)38(25-35)50-4)27-39(45)43(26-31-14-11-15-32(41)23-31)36(24-30-12-7-5-8-13-30)40(46)42-33-16-9-6-10-17-33/h5,7-8,11-15,18-23,25,33,36H,6,9-10,16-17,24,26-27H2,1-4H3,(H,42,46). The van der Waals surface area contributed by atoms with Gasteiger partial charge in [0.25, 0.3) is 10.0 Å². The maximum atomic E-state index is 14.9. The third-order valence-corrected chi connectivity index (χ3v) is 11.2. The molecule has 11 heteroatoms. The molecule has 4 aromatic carbocycles. The Hall–Kier alpha value is -4.54. The molecule has 1 unspecified atom stereocenters. The number of anilines is 1. The highest BCUT2D eigenvalue weighted by molar-refractivity contribution is 7.92. The Labute approximate surface area is 306 Å². The van der Waals surface area contributed by atoms with Crippen LogP contribution in [0.3, 0.4) is 0 Å². The lowest BCUT2D eigenvalue weighted by Gasteiger charge is -2.35. The molecule has 0 saturated heterocycles. The number of carbonyl (C=O) groups is 2. The zero-order valence-electron chi connectivity index (χ0n) is 29.6. The largest absolute Gasteiger partial charge is 0.493 e. The van der Waals surface area contributed by atoms with Crippen molar-refractivity contribution < 1.29 is 27.5 Å². The number of halogens is 1. The number of ether oxygens (including phenoxy) is 2. The van der Waals surface area contributed by atoms with E-state index in [-0.39, 0.29) is 35.6 Å². The van der Waals surface area contributed by atoms with Crippen molar-refractivity contribution in [3.63, 3.8) is 0 Å². The Balaban J connectivity index is 1.60. The van der Waals surface area contributed by atoms with Crippen LogP contribution in [0.5, 0.6) is 11.5 Å². The smallest absolute Gasteiger partial charge is 0.264 e. The number of methoxy groups -OCH3 is 2. The Morgan fingerprint density at radius 2 is 1.49 bits per heavy atom. The summed E-state index contributed by atoms with van der Waals surface area (Å²) in [6.45, 7) is 3.21. The van der Waals surface area contributed by atoms with Crippen LogP contribution >= 0.6 is 11.6 Å². The van der Waals surface area contributed by atoms with Gasteiger partial charge in [-0.1, -0.05) is 79.4 Å². The summed E-state index contributed by atoms with van der Waals surface area (Å²) in [4.78, 5) is 30.6. The average Bonchev–Trinajstić information content (AvgIpc) is 3.12. The van der Waals surface area contributed by atoms with Gasteiger partial charge in [0.05, 0.1) is 24.8 Å². The molecular formula is C40H46ClN3O6S. The van der Waals surface area contributed by atoms with Gasteiger partial charge in [-0.25, -0.2) is 8.42 Å². The van der Waals surface area contributed by atoms with Crippen LogP contribution < -0.4 is 19.1 Å². The van der Waals surface area contributed by atoms with Crippen LogP contribution in [-0.2, 0) is 32.6 Å². The number of hydrogen-bond acceptors (Lipinski definition) is 6. The van der Waals surface area contributed by atoms with E-state index in [1.54, 1.807) is 30.3 Å². The summed E-state index contributed by atoms with van der Waals surface area (Å²) in [6.07, 6.45) is 5.16. The molecule has 270 valence electrons. The molecule has 1 atom stereocenters. The summed E-state index contributed by atoms with van der Waals surface area (Å²) in [5.74, 6) is -0.221. The summed E-state index contributed by atoms with van der Waals surface area (Å²) in [5.41, 5.74) is 3.56. The van der Waals surface area contributed by atoms with E-state index < -0.39 is 28.5 Å². The fourth-order valence-corrected chi connectivity index (χ4v) is 8.28. The molecule has 1 aliphatic rings. The van der Waals surface area contributed by atoms with E-state index >= 15 is 0 Å². The third-order valence-electron chi connectivity index (χ3n) is 9.18. The maximum Gasteiger partial charge on any atom is 0.264 e. The first-order chi connectivity index (χ1) is 24.5. The first-order valence-electron chi connectivity index (χ1n) is 17.2. The molecule has 51 heavy (non-hydrogen) atoms. The minimum Gasteiger partial charge on any atom is -0.493 e. The zero-order chi connectivity index (χ0) is 36.5. The minimum absolute atomic E-state index is 0.00448. The van der Waals surface area contributed by atoms with Crippen molar-refractivity contribution in [1.82, 2.24) is 10.2 Å². The van der Waals surface area contributed by atoms with E-state index in [1.165, 1.54) is 37.3 Å². The predicted molar refractivity (Wildman–Crippen MR) is 201 cm³/mol. The van der Waals surface area contributed by atoms with Crippen LogP contribution in [0.25, 0.3) is 0 Å². The first kappa shape index (κ1) is 37.7. The second-order valence-corrected chi connectivity index (χ2v) is 15.4. The summed E-state index contributed by atoms with van der Waals surface area (Å²) in [5, 5.41) is 3.72. The molecule has 5 rings (SSSR count). The summed E-state index contributed by atoms with van der Waals surface area (Å²) >= 11 is 6.39. The normalized spacial score (nSPS) is 14.0. The number of carbonyl (C=O) groups excluding carboxylic acids is 2. The number of aryl methyl sites for hydroxylation is 2. The van der Waals surface area contributed by atoms with Gasteiger partial charge >= 0.3 is 0 Å². The molecule has 1 saturated carbocycles. The molecule has 9 nitrogen and oxygen atoms in total. The second-order valence-electron chi connectivity index (χ2n) is 13.1. The Kier molecular flexibility index (Phi) is 12.7. The van der Waals surface area contributed by atoms with Gasteiger partial charge in [0.15, 0.2) is 11.5 Å². The monoisotopic (exact) mass is 731 g/mol. The number of amides is 2. The van der Waals surface area contributed by atoms with Crippen molar-refractivity contribution in [3.8, 4) is 11.5 Å². The molecular weight excluding hydrogens is 686 g/mol. The lowest BCUT2D eigenvalue weighted by Crippen LogP contribution is -2.55. The van der Waals surface area contributed by atoms with Crippen LogP contribution in [0.2, 0.25) is 5.02 Å². The number of sulfonamides is 1. The van der Waals surface area contributed by atoms with E-state index in [9.17, 15) is 18.0 Å². The SMILES string of the molecule is COc1ccc(S(=O)(=O)N(CC(=O)N(Cc2cccc(Cl)c2)C(Cc2ccccc2)C(=O)NC2CCCCC2)c2cc(C)cc(C)c2)cc1OC. The van der Waals surface area contributed by atoms with Crippen LogP contribution in [0.4, 0.5) is 5.69 Å². The second kappa shape index (κ2) is 17.1. The van der Waals surface area contributed by atoms with Crippen molar-refractivity contribution in [2.75, 3.05) is 25.1 Å². The Morgan fingerprint density at radius 3 is 2.14 bits per heavy atom. The molecule has 0 radical (unpaired) electrons. The Bertz CT molecular complexity index is 1910. The van der Waals surface area contributed by atoms with E-state index in [2.05, 4.69) is 5.32 Å². The summed E-state index contributed by atoms with van der Waals surface area (Å²) < 4.78 is 41.1.